The second-order valence-corrected chi connectivity index (χ2v) is 3.24. The van der Waals surface area contributed by atoms with Crippen LogP contribution in [0.3, 0.4) is 0 Å². The van der Waals surface area contributed by atoms with Crippen molar-refractivity contribution in [2.45, 2.75) is 6.18 Å². The predicted molar refractivity (Wildman–Crippen MR) is 52.4 cm³/mol. The highest BCUT2D eigenvalue weighted by Crippen LogP contribution is 2.36. The van der Waals surface area contributed by atoms with Gasteiger partial charge in [0.15, 0.2) is 0 Å². The van der Waals surface area contributed by atoms with Crippen molar-refractivity contribution in [1.82, 2.24) is 9.97 Å². The Bertz CT molecular complexity index is 537. The third-order valence-corrected chi connectivity index (χ3v) is 2.14. The summed E-state index contributed by atoms with van der Waals surface area (Å²) in [5.74, 6) is -1.02. The molecule has 88 valence electrons. The molecule has 0 N–H and O–H groups in total. The minimum Gasteiger partial charge on any atom is -0.250 e. The molecule has 0 spiro atoms. The lowest BCUT2D eigenvalue weighted by Crippen LogP contribution is -2.08. The highest BCUT2D eigenvalue weighted by molar-refractivity contribution is 5.64. The van der Waals surface area contributed by atoms with Crippen LogP contribution in [-0.4, -0.2) is 9.97 Å². The summed E-state index contributed by atoms with van der Waals surface area (Å²) in [6.45, 7) is 0. The Kier molecular flexibility index (Phi) is 2.79. The topological polar surface area (TPSA) is 25.8 Å². The van der Waals surface area contributed by atoms with Crippen LogP contribution in [0.4, 0.5) is 17.6 Å². The van der Waals surface area contributed by atoms with E-state index in [4.69, 9.17) is 0 Å². The fourth-order valence-electron chi connectivity index (χ4n) is 1.44. The normalized spacial score (nSPS) is 11.5. The summed E-state index contributed by atoms with van der Waals surface area (Å²) >= 11 is 0. The quantitative estimate of drug-likeness (QED) is 0.717. The Morgan fingerprint density at radius 2 is 1.59 bits per heavy atom. The zero-order valence-corrected chi connectivity index (χ0v) is 8.37. The van der Waals surface area contributed by atoms with Crippen molar-refractivity contribution in [3.8, 4) is 11.3 Å². The standard InChI is InChI=1S/C11H6F4N2/c12-10-9(16-5-6-17-10)7-3-1-2-4-8(7)11(13,14)15/h1-6H. The van der Waals surface area contributed by atoms with Gasteiger partial charge in [-0.25, -0.2) is 9.97 Å². The molecule has 0 aliphatic rings. The molecule has 2 aromatic rings. The van der Waals surface area contributed by atoms with Crippen molar-refractivity contribution in [2.24, 2.45) is 0 Å². The summed E-state index contributed by atoms with van der Waals surface area (Å²) < 4.78 is 51.4. The SMILES string of the molecule is Fc1nccnc1-c1ccccc1C(F)(F)F. The average Bonchev–Trinajstić information content (AvgIpc) is 2.28. The molecular formula is C11H6F4N2. The van der Waals surface area contributed by atoms with Gasteiger partial charge in [-0.05, 0) is 6.07 Å². The average molecular weight is 242 g/mol. The number of halogens is 4. The van der Waals surface area contributed by atoms with Crippen LogP contribution in [0.15, 0.2) is 36.7 Å². The largest absolute Gasteiger partial charge is 0.417 e. The Hall–Kier alpha value is -1.98. The number of rotatable bonds is 1. The van der Waals surface area contributed by atoms with E-state index in [2.05, 4.69) is 9.97 Å². The number of benzene rings is 1. The van der Waals surface area contributed by atoms with E-state index in [1.54, 1.807) is 0 Å². The maximum absolute atomic E-state index is 13.3. The van der Waals surface area contributed by atoms with Crippen LogP contribution in [0.1, 0.15) is 5.56 Å². The van der Waals surface area contributed by atoms with Crippen LogP contribution in [-0.2, 0) is 6.18 Å². The maximum atomic E-state index is 13.3. The number of alkyl halides is 3. The predicted octanol–water partition coefficient (Wildman–Crippen LogP) is 3.30. The van der Waals surface area contributed by atoms with Crippen LogP contribution in [0.25, 0.3) is 11.3 Å². The first-order valence-electron chi connectivity index (χ1n) is 4.63. The van der Waals surface area contributed by atoms with E-state index < -0.39 is 23.4 Å². The third kappa shape index (κ3) is 2.25. The monoisotopic (exact) mass is 242 g/mol. The van der Waals surface area contributed by atoms with Crippen LogP contribution < -0.4 is 0 Å². The van der Waals surface area contributed by atoms with Gasteiger partial charge in [0.2, 0.25) is 5.95 Å². The summed E-state index contributed by atoms with van der Waals surface area (Å²) in [6.07, 6.45) is -2.33. The van der Waals surface area contributed by atoms with Crippen LogP contribution in [0.5, 0.6) is 0 Å². The highest BCUT2D eigenvalue weighted by atomic mass is 19.4. The highest BCUT2D eigenvalue weighted by Gasteiger charge is 2.34. The minimum absolute atomic E-state index is 0.314. The number of nitrogens with zero attached hydrogens (tertiary/aromatic N) is 2. The molecule has 2 rings (SSSR count). The molecule has 0 unspecified atom stereocenters. The van der Waals surface area contributed by atoms with Crippen molar-refractivity contribution in [3.05, 3.63) is 48.2 Å². The first-order chi connectivity index (χ1) is 8.00. The first-order valence-corrected chi connectivity index (χ1v) is 4.63. The molecule has 0 fully saturated rings. The first kappa shape index (κ1) is 11.5. The van der Waals surface area contributed by atoms with E-state index in [0.29, 0.717) is 0 Å². The second kappa shape index (κ2) is 4.12. The molecule has 1 aromatic carbocycles. The smallest absolute Gasteiger partial charge is 0.250 e. The van der Waals surface area contributed by atoms with Crippen LogP contribution in [0, 0.1) is 5.95 Å². The van der Waals surface area contributed by atoms with E-state index >= 15 is 0 Å². The molecule has 1 heterocycles. The molecule has 0 amide bonds. The third-order valence-electron chi connectivity index (χ3n) is 2.14. The zero-order valence-electron chi connectivity index (χ0n) is 8.37. The van der Waals surface area contributed by atoms with Gasteiger partial charge in [0, 0.05) is 18.0 Å². The Morgan fingerprint density at radius 3 is 2.24 bits per heavy atom. The minimum atomic E-state index is -4.56. The summed E-state index contributed by atoms with van der Waals surface area (Å²) in [5, 5.41) is 0. The summed E-state index contributed by atoms with van der Waals surface area (Å²) in [7, 11) is 0. The second-order valence-electron chi connectivity index (χ2n) is 3.24. The molecular weight excluding hydrogens is 236 g/mol. The molecule has 0 atom stereocenters. The van der Waals surface area contributed by atoms with E-state index in [-0.39, 0.29) is 5.56 Å². The summed E-state index contributed by atoms with van der Waals surface area (Å²) in [5.41, 5.74) is -1.65. The van der Waals surface area contributed by atoms with Gasteiger partial charge in [0.25, 0.3) is 0 Å². The van der Waals surface area contributed by atoms with Gasteiger partial charge in [-0.15, -0.1) is 0 Å². The Morgan fingerprint density at radius 1 is 0.941 bits per heavy atom. The van der Waals surface area contributed by atoms with E-state index in [1.807, 2.05) is 0 Å². The molecule has 0 bridgehead atoms. The molecule has 6 heteroatoms. The van der Waals surface area contributed by atoms with Crippen LogP contribution >= 0.6 is 0 Å². The molecule has 0 saturated carbocycles. The molecule has 0 aliphatic carbocycles. The van der Waals surface area contributed by atoms with Gasteiger partial charge in [-0.2, -0.15) is 17.6 Å². The number of hydrogen-bond acceptors (Lipinski definition) is 2. The summed E-state index contributed by atoms with van der Waals surface area (Å²) in [6, 6.07) is 4.67. The van der Waals surface area contributed by atoms with E-state index in [9.17, 15) is 17.6 Å². The van der Waals surface area contributed by atoms with E-state index in [0.717, 1.165) is 24.5 Å². The van der Waals surface area contributed by atoms with Gasteiger partial charge in [-0.1, -0.05) is 18.2 Å². The fourth-order valence-corrected chi connectivity index (χ4v) is 1.44. The van der Waals surface area contributed by atoms with E-state index in [1.165, 1.54) is 12.1 Å². The number of hydrogen-bond donors (Lipinski definition) is 0. The van der Waals surface area contributed by atoms with Gasteiger partial charge in [-0.3, -0.25) is 0 Å². The van der Waals surface area contributed by atoms with Crippen molar-refractivity contribution in [3.63, 3.8) is 0 Å². The fraction of sp³-hybridized carbons (Fsp3) is 0.0909. The van der Waals surface area contributed by atoms with Crippen molar-refractivity contribution >= 4 is 0 Å². The van der Waals surface area contributed by atoms with Crippen molar-refractivity contribution < 1.29 is 17.6 Å². The molecule has 2 nitrogen and oxygen atoms in total. The van der Waals surface area contributed by atoms with Crippen molar-refractivity contribution in [1.29, 1.82) is 0 Å². The maximum Gasteiger partial charge on any atom is 0.417 e. The Balaban J connectivity index is 2.65. The molecule has 17 heavy (non-hydrogen) atoms. The van der Waals surface area contributed by atoms with Gasteiger partial charge < -0.3 is 0 Å². The van der Waals surface area contributed by atoms with Gasteiger partial charge in [0.05, 0.1) is 5.56 Å². The zero-order chi connectivity index (χ0) is 12.5. The Labute approximate surface area is 94.0 Å². The lowest BCUT2D eigenvalue weighted by molar-refractivity contribution is -0.137. The molecule has 0 aliphatic heterocycles. The van der Waals surface area contributed by atoms with Crippen LogP contribution in [0.2, 0.25) is 0 Å². The molecule has 1 aromatic heterocycles. The molecule has 0 saturated heterocycles. The van der Waals surface area contributed by atoms with Crippen molar-refractivity contribution in [2.75, 3.05) is 0 Å². The lowest BCUT2D eigenvalue weighted by atomic mass is 10.0. The number of aromatic nitrogens is 2. The van der Waals surface area contributed by atoms with Gasteiger partial charge in [0.1, 0.15) is 5.69 Å². The molecule has 0 radical (unpaired) electrons. The lowest BCUT2D eigenvalue weighted by Gasteiger charge is -2.11. The summed E-state index contributed by atoms with van der Waals surface area (Å²) in [4.78, 5) is 6.87. The van der Waals surface area contributed by atoms with Gasteiger partial charge >= 0.3 is 6.18 Å².